The first-order valence-corrected chi connectivity index (χ1v) is 18.6. The Morgan fingerprint density at radius 1 is 0.660 bits per heavy atom. The molecule has 11 nitrogen and oxygen atoms in total. The topological polar surface area (TPSA) is 158 Å². The predicted molar refractivity (Wildman–Crippen MR) is 206 cm³/mol. The summed E-state index contributed by atoms with van der Waals surface area (Å²) >= 11 is 5.99. The number of benzene rings is 3. The molecule has 1 heterocycles. The Bertz CT molecular complexity index is 1680. The number of rotatable bonds is 19. The van der Waals surface area contributed by atoms with E-state index in [2.05, 4.69) is 26.6 Å². The number of halogens is 1. The minimum atomic E-state index is -1.05. The number of anilines is 1. The zero-order valence-electron chi connectivity index (χ0n) is 31.1. The third kappa shape index (κ3) is 13.3. The van der Waals surface area contributed by atoms with Crippen molar-refractivity contribution < 1.29 is 28.7 Å². The van der Waals surface area contributed by atoms with E-state index in [9.17, 15) is 24.0 Å². The molecule has 3 aromatic carbocycles. The minimum Gasteiger partial charge on any atom is -0.361 e. The molecule has 1 fully saturated rings. The lowest BCUT2D eigenvalue weighted by Gasteiger charge is -2.28. The Morgan fingerprint density at radius 3 is 1.72 bits per heavy atom. The summed E-state index contributed by atoms with van der Waals surface area (Å²) < 4.78 is 5.40. The van der Waals surface area contributed by atoms with Crippen LogP contribution in [0.3, 0.4) is 0 Å². The highest BCUT2D eigenvalue weighted by Crippen LogP contribution is 2.29. The highest BCUT2D eigenvalue weighted by Gasteiger charge is 2.50. The Hall–Kier alpha value is -4.74. The van der Waals surface area contributed by atoms with E-state index in [1.54, 1.807) is 31.2 Å². The zero-order chi connectivity index (χ0) is 38.5. The van der Waals surface area contributed by atoms with Crippen LogP contribution in [0.5, 0.6) is 0 Å². The van der Waals surface area contributed by atoms with Gasteiger partial charge in [-0.2, -0.15) is 0 Å². The number of aryl methyl sites for hydroxylation is 1. The van der Waals surface area contributed by atoms with Gasteiger partial charge in [0.15, 0.2) is 5.78 Å². The van der Waals surface area contributed by atoms with Crippen molar-refractivity contribution in [3.8, 4) is 0 Å². The van der Waals surface area contributed by atoms with Gasteiger partial charge in [0.2, 0.25) is 17.7 Å². The molecule has 53 heavy (non-hydrogen) atoms. The summed E-state index contributed by atoms with van der Waals surface area (Å²) in [6.07, 6.45) is 1.57. The lowest BCUT2D eigenvalue weighted by molar-refractivity contribution is -0.134. The molecule has 1 saturated heterocycles. The minimum absolute atomic E-state index is 0.0105. The second-order valence-electron chi connectivity index (χ2n) is 14.7. The molecule has 0 aliphatic carbocycles. The van der Waals surface area contributed by atoms with Crippen molar-refractivity contribution >= 4 is 46.8 Å². The van der Waals surface area contributed by atoms with Crippen LogP contribution in [-0.2, 0) is 36.8 Å². The number of nitrogens with one attached hydrogen (secondary N) is 5. The van der Waals surface area contributed by atoms with Crippen molar-refractivity contribution in [1.29, 1.82) is 0 Å². The maximum absolute atomic E-state index is 14.1. The number of carbonyl (C=O) groups is 5. The maximum atomic E-state index is 14.1. The second-order valence-corrected chi connectivity index (χ2v) is 15.1. The fourth-order valence-corrected chi connectivity index (χ4v) is 6.11. The fraction of sp³-hybridized carbons (Fsp3) is 0.439. The highest BCUT2D eigenvalue weighted by atomic mass is 35.5. The molecular formula is C41H52ClN5O6. The van der Waals surface area contributed by atoms with Crippen molar-refractivity contribution in [1.82, 2.24) is 21.3 Å². The van der Waals surface area contributed by atoms with Gasteiger partial charge in [0, 0.05) is 17.1 Å². The van der Waals surface area contributed by atoms with Crippen LogP contribution in [0.4, 0.5) is 10.5 Å². The number of hydrogen-bond donors (Lipinski definition) is 5. The smallest absolute Gasteiger partial charge is 0.319 e. The lowest BCUT2D eigenvalue weighted by atomic mass is 9.93. The van der Waals surface area contributed by atoms with Gasteiger partial charge in [-0.25, -0.2) is 4.79 Å². The van der Waals surface area contributed by atoms with Gasteiger partial charge >= 0.3 is 6.03 Å². The molecule has 5 amide bonds. The second kappa shape index (κ2) is 19.4. The van der Waals surface area contributed by atoms with Crippen molar-refractivity contribution in [2.24, 2.45) is 11.8 Å². The van der Waals surface area contributed by atoms with E-state index in [1.807, 2.05) is 88.4 Å². The van der Waals surface area contributed by atoms with E-state index in [0.29, 0.717) is 30.2 Å². The molecule has 0 bridgehead atoms. The number of hydrogen-bond acceptors (Lipinski definition) is 6. The van der Waals surface area contributed by atoms with Crippen LogP contribution in [0.2, 0.25) is 5.02 Å². The van der Waals surface area contributed by atoms with E-state index < -0.39 is 53.5 Å². The Morgan fingerprint density at radius 2 is 1.15 bits per heavy atom. The average molecular weight is 746 g/mol. The summed E-state index contributed by atoms with van der Waals surface area (Å²) in [4.78, 5) is 68.4. The van der Waals surface area contributed by atoms with Gasteiger partial charge in [0.1, 0.15) is 23.7 Å². The van der Waals surface area contributed by atoms with Crippen molar-refractivity contribution in [3.05, 3.63) is 101 Å². The average Bonchev–Trinajstić information content (AvgIpc) is 3.88. The first-order valence-electron chi connectivity index (χ1n) is 18.2. The molecule has 0 saturated carbocycles. The Kier molecular flexibility index (Phi) is 15.0. The molecule has 3 aromatic rings. The van der Waals surface area contributed by atoms with E-state index in [0.717, 1.165) is 11.1 Å². The van der Waals surface area contributed by atoms with E-state index >= 15 is 0 Å². The molecule has 1 aliphatic rings. The lowest BCUT2D eigenvalue weighted by Crippen LogP contribution is -2.59. The largest absolute Gasteiger partial charge is 0.361 e. The van der Waals surface area contributed by atoms with E-state index in [1.165, 1.54) is 0 Å². The summed E-state index contributed by atoms with van der Waals surface area (Å²) in [5, 5.41) is 14.7. The number of ketones is 1. The number of ether oxygens (including phenoxy) is 1. The number of carbonyl (C=O) groups excluding carboxylic acids is 5. The molecular weight excluding hydrogens is 694 g/mol. The zero-order valence-corrected chi connectivity index (χ0v) is 31.9. The summed E-state index contributed by atoms with van der Waals surface area (Å²) in [6, 6.07) is 20.9. The van der Waals surface area contributed by atoms with Gasteiger partial charge in [0.25, 0.3) is 0 Å². The summed E-state index contributed by atoms with van der Waals surface area (Å²) in [7, 11) is 0. The van der Waals surface area contributed by atoms with Crippen LogP contribution in [0.25, 0.3) is 0 Å². The number of epoxide rings is 1. The third-order valence-electron chi connectivity index (χ3n) is 8.98. The van der Waals surface area contributed by atoms with Gasteiger partial charge < -0.3 is 31.3 Å². The van der Waals surface area contributed by atoms with Crippen LogP contribution >= 0.6 is 11.6 Å². The monoisotopic (exact) mass is 745 g/mol. The van der Waals surface area contributed by atoms with E-state index in [-0.39, 0.29) is 36.9 Å². The number of urea groups is 1. The maximum Gasteiger partial charge on any atom is 0.319 e. The molecule has 5 atom stereocenters. The standard InChI is InChI=1S/C41H52ClN5O6/c1-26(2)22-33(36(48)41(5)25-53-41)44-39(51)35(24-29-14-10-7-11-15-29)46-38(50)34(23-27(3)4)45-37(49)32(21-16-28-12-8-6-9-13-28)47-40(52)43-31-19-17-30(42)18-20-31/h6-15,17-20,26-27,32-35H,16,21-25H2,1-5H3,(H,44,51)(H,45,49)(H,46,50)(H2,43,47,52)/t32-,33-,34-,35-,41+/m0/s1. The summed E-state index contributed by atoms with van der Waals surface area (Å²) in [5.41, 5.74) is 1.34. The SMILES string of the molecule is CC(C)C[C@H](NC(=O)[C@H](CCc1ccccc1)NC(=O)Nc1ccc(Cl)cc1)C(=O)N[C@@H](Cc1ccccc1)C(=O)N[C@@H](CC(C)C)C(=O)[C@@]1(C)CO1. The quantitative estimate of drug-likeness (QED) is 0.100. The highest BCUT2D eigenvalue weighted by molar-refractivity contribution is 6.30. The van der Waals surface area contributed by atoms with Crippen LogP contribution in [0.15, 0.2) is 84.9 Å². The predicted octanol–water partition coefficient (Wildman–Crippen LogP) is 5.61. The Labute approximate surface area is 317 Å². The van der Waals surface area contributed by atoms with Crippen LogP contribution < -0.4 is 26.6 Å². The van der Waals surface area contributed by atoms with Crippen molar-refractivity contribution in [2.45, 2.75) is 96.5 Å². The Balaban J connectivity index is 1.53. The molecule has 5 N–H and O–H groups in total. The normalized spacial score (nSPS) is 17.2. The first kappa shape index (κ1) is 41.0. The fourth-order valence-electron chi connectivity index (χ4n) is 5.98. The summed E-state index contributed by atoms with van der Waals surface area (Å²) in [6.45, 7) is 9.78. The number of Topliss-reactive ketones (excluding diaryl/α,β-unsaturated/α-hetero) is 1. The van der Waals surface area contributed by atoms with Gasteiger partial charge in [-0.05, 0) is 79.8 Å². The third-order valence-corrected chi connectivity index (χ3v) is 9.23. The molecule has 0 radical (unpaired) electrons. The van der Waals surface area contributed by atoms with E-state index in [4.69, 9.17) is 16.3 Å². The summed E-state index contributed by atoms with van der Waals surface area (Å²) in [5.74, 6) is -1.72. The van der Waals surface area contributed by atoms with Crippen LogP contribution in [0, 0.1) is 11.8 Å². The van der Waals surface area contributed by atoms with Crippen LogP contribution in [0.1, 0.15) is 65.0 Å². The van der Waals surface area contributed by atoms with Crippen LogP contribution in [-0.4, -0.2) is 65.9 Å². The molecule has 0 spiro atoms. The first-order chi connectivity index (χ1) is 25.2. The molecule has 0 aromatic heterocycles. The van der Waals surface area contributed by atoms with Crippen molar-refractivity contribution in [3.63, 3.8) is 0 Å². The van der Waals surface area contributed by atoms with Gasteiger partial charge in [0.05, 0.1) is 12.6 Å². The van der Waals surface area contributed by atoms with Gasteiger partial charge in [-0.1, -0.05) is 100.0 Å². The van der Waals surface area contributed by atoms with Gasteiger partial charge in [-0.3, -0.25) is 19.2 Å². The molecule has 1 aliphatic heterocycles. The van der Waals surface area contributed by atoms with Gasteiger partial charge in [-0.15, -0.1) is 0 Å². The van der Waals surface area contributed by atoms with Crippen molar-refractivity contribution in [2.75, 3.05) is 11.9 Å². The molecule has 12 heteroatoms. The number of amides is 5. The molecule has 4 rings (SSSR count). The molecule has 0 unspecified atom stereocenters. The molecule has 284 valence electrons.